The molecule has 0 aliphatic rings. The SMILES string of the molecule is Cc1ccc2c(=O)occn12. The number of hydrogen-bond donors (Lipinski definition) is 0. The van der Waals surface area contributed by atoms with Crippen molar-refractivity contribution in [2.45, 2.75) is 6.92 Å². The van der Waals surface area contributed by atoms with Gasteiger partial charge in [-0.1, -0.05) is 0 Å². The van der Waals surface area contributed by atoms with Gasteiger partial charge in [-0.3, -0.25) is 0 Å². The molecular weight excluding hydrogens is 142 g/mol. The van der Waals surface area contributed by atoms with E-state index in [-0.39, 0.29) is 5.63 Å². The van der Waals surface area contributed by atoms with Crippen LogP contribution in [0.5, 0.6) is 0 Å². The average molecular weight is 149 g/mol. The maximum Gasteiger partial charge on any atom is 0.360 e. The number of fused-ring (bicyclic) bond motifs is 1. The molecule has 2 rings (SSSR count). The average Bonchev–Trinajstić information content (AvgIpc) is 2.35. The van der Waals surface area contributed by atoms with Gasteiger partial charge in [-0.05, 0) is 19.1 Å². The van der Waals surface area contributed by atoms with Crippen molar-refractivity contribution in [1.29, 1.82) is 0 Å². The Morgan fingerprint density at radius 2 is 2.27 bits per heavy atom. The Balaban J connectivity index is 3.06. The minimum atomic E-state index is -0.291. The lowest BCUT2D eigenvalue weighted by atomic mass is 10.5. The fourth-order valence-corrected chi connectivity index (χ4v) is 1.13. The third-order valence-electron chi connectivity index (χ3n) is 1.72. The molecule has 2 aromatic rings. The molecule has 0 fully saturated rings. The van der Waals surface area contributed by atoms with E-state index in [1.165, 1.54) is 6.26 Å². The highest BCUT2D eigenvalue weighted by molar-refractivity contribution is 5.45. The topological polar surface area (TPSA) is 34.6 Å². The molecule has 0 unspecified atom stereocenters. The van der Waals surface area contributed by atoms with Crippen LogP contribution in [0.3, 0.4) is 0 Å². The highest BCUT2D eigenvalue weighted by Gasteiger charge is 1.99. The zero-order valence-electron chi connectivity index (χ0n) is 6.07. The van der Waals surface area contributed by atoms with E-state index in [2.05, 4.69) is 4.42 Å². The second-order valence-electron chi connectivity index (χ2n) is 2.42. The lowest BCUT2D eigenvalue weighted by molar-refractivity contribution is 0.508. The Morgan fingerprint density at radius 1 is 1.45 bits per heavy atom. The molecule has 0 atom stereocenters. The molecule has 0 aliphatic heterocycles. The van der Waals surface area contributed by atoms with Crippen molar-refractivity contribution in [3.05, 3.63) is 40.7 Å². The summed E-state index contributed by atoms with van der Waals surface area (Å²) in [5, 5.41) is 0. The lowest BCUT2D eigenvalue weighted by Crippen LogP contribution is -2.01. The van der Waals surface area contributed by atoms with Crippen molar-refractivity contribution in [2.75, 3.05) is 0 Å². The third kappa shape index (κ3) is 0.774. The van der Waals surface area contributed by atoms with Crippen LogP contribution in [-0.2, 0) is 0 Å². The molecule has 3 nitrogen and oxygen atoms in total. The molecule has 0 amide bonds. The van der Waals surface area contributed by atoms with Crippen LogP contribution in [-0.4, -0.2) is 4.40 Å². The van der Waals surface area contributed by atoms with Crippen LogP contribution in [0.2, 0.25) is 0 Å². The molecule has 0 saturated heterocycles. The van der Waals surface area contributed by atoms with E-state index >= 15 is 0 Å². The van der Waals surface area contributed by atoms with Gasteiger partial charge in [0.15, 0.2) is 0 Å². The minimum absolute atomic E-state index is 0.291. The van der Waals surface area contributed by atoms with E-state index < -0.39 is 0 Å². The Morgan fingerprint density at radius 3 is 3.00 bits per heavy atom. The molecule has 0 spiro atoms. The van der Waals surface area contributed by atoms with Crippen molar-refractivity contribution in [1.82, 2.24) is 4.40 Å². The molecule has 3 heteroatoms. The predicted molar refractivity (Wildman–Crippen MR) is 40.7 cm³/mol. The number of hydrogen-bond acceptors (Lipinski definition) is 2. The smallest absolute Gasteiger partial charge is 0.360 e. The van der Waals surface area contributed by atoms with Gasteiger partial charge >= 0.3 is 5.63 Å². The molecule has 0 aliphatic carbocycles. The Hall–Kier alpha value is -1.51. The highest BCUT2D eigenvalue weighted by atomic mass is 16.4. The highest BCUT2D eigenvalue weighted by Crippen LogP contribution is 2.03. The minimum Gasteiger partial charge on any atom is -0.428 e. The fraction of sp³-hybridized carbons (Fsp3) is 0.125. The zero-order chi connectivity index (χ0) is 7.84. The zero-order valence-corrected chi connectivity index (χ0v) is 6.07. The van der Waals surface area contributed by atoms with Gasteiger partial charge in [0, 0.05) is 11.9 Å². The van der Waals surface area contributed by atoms with E-state index in [0.717, 1.165) is 5.69 Å². The van der Waals surface area contributed by atoms with E-state index in [1.54, 1.807) is 16.7 Å². The van der Waals surface area contributed by atoms with Gasteiger partial charge in [-0.25, -0.2) is 4.79 Å². The van der Waals surface area contributed by atoms with Gasteiger partial charge in [-0.15, -0.1) is 0 Å². The van der Waals surface area contributed by atoms with E-state index in [0.29, 0.717) is 5.52 Å². The maximum absolute atomic E-state index is 11.0. The first-order valence-electron chi connectivity index (χ1n) is 3.34. The summed E-state index contributed by atoms with van der Waals surface area (Å²) in [6, 6.07) is 3.63. The Bertz CT molecular complexity index is 439. The first kappa shape index (κ1) is 6.22. The first-order chi connectivity index (χ1) is 5.29. The lowest BCUT2D eigenvalue weighted by Gasteiger charge is -1.92. The molecule has 0 N–H and O–H groups in total. The van der Waals surface area contributed by atoms with Crippen molar-refractivity contribution in [2.24, 2.45) is 0 Å². The van der Waals surface area contributed by atoms with Gasteiger partial charge in [0.2, 0.25) is 0 Å². The predicted octanol–water partition coefficient (Wildman–Crippen LogP) is 1.20. The largest absolute Gasteiger partial charge is 0.428 e. The second-order valence-corrected chi connectivity index (χ2v) is 2.42. The summed E-state index contributed by atoms with van der Waals surface area (Å²) in [6.07, 6.45) is 3.12. The van der Waals surface area contributed by atoms with Gasteiger partial charge < -0.3 is 8.82 Å². The Kier molecular flexibility index (Phi) is 1.12. The molecule has 0 radical (unpaired) electrons. The molecule has 0 saturated carbocycles. The van der Waals surface area contributed by atoms with E-state index in [1.807, 2.05) is 13.0 Å². The van der Waals surface area contributed by atoms with Crippen LogP contribution >= 0.6 is 0 Å². The summed E-state index contributed by atoms with van der Waals surface area (Å²) in [5.41, 5.74) is 1.33. The van der Waals surface area contributed by atoms with E-state index in [9.17, 15) is 4.79 Å². The molecule has 0 bridgehead atoms. The molecule has 2 heterocycles. The fourth-order valence-electron chi connectivity index (χ4n) is 1.13. The Labute approximate surface area is 62.9 Å². The van der Waals surface area contributed by atoms with Crippen LogP contribution in [0.4, 0.5) is 0 Å². The normalized spacial score (nSPS) is 10.6. The van der Waals surface area contributed by atoms with Crippen LogP contribution < -0.4 is 5.63 Å². The monoisotopic (exact) mass is 149 g/mol. The van der Waals surface area contributed by atoms with Crippen molar-refractivity contribution in [3.63, 3.8) is 0 Å². The molecule has 11 heavy (non-hydrogen) atoms. The van der Waals surface area contributed by atoms with Crippen LogP contribution in [0.25, 0.3) is 5.52 Å². The van der Waals surface area contributed by atoms with Gasteiger partial charge in [0.1, 0.15) is 11.8 Å². The van der Waals surface area contributed by atoms with Crippen LogP contribution in [0.15, 0.2) is 33.8 Å². The maximum atomic E-state index is 11.0. The third-order valence-corrected chi connectivity index (χ3v) is 1.72. The summed E-state index contributed by atoms with van der Waals surface area (Å²) in [6.45, 7) is 1.94. The molecule has 56 valence electrons. The van der Waals surface area contributed by atoms with Crippen molar-refractivity contribution in [3.8, 4) is 0 Å². The molecule has 0 aromatic carbocycles. The summed E-state index contributed by atoms with van der Waals surface area (Å²) < 4.78 is 6.47. The molecular formula is C8H7NO2. The quantitative estimate of drug-likeness (QED) is 0.564. The number of rotatable bonds is 0. The standard InChI is InChI=1S/C8H7NO2/c1-6-2-3-7-8(10)11-5-4-9(6)7/h2-5H,1H3. The van der Waals surface area contributed by atoms with Crippen LogP contribution in [0.1, 0.15) is 5.69 Å². The second kappa shape index (κ2) is 1.99. The van der Waals surface area contributed by atoms with Gasteiger partial charge in [-0.2, -0.15) is 0 Å². The number of aromatic nitrogens is 1. The summed E-state index contributed by atoms with van der Waals surface area (Å²) >= 11 is 0. The van der Waals surface area contributed by atoms with Crippen LogP contribution in [0, 0.1) is 6.92 Å². The van der Waals surface area contributed by atoms with Crippen molar-refractivity contribution >= 4 is 5.52 Å². The summed E-state index contributed by atoms with van der Waals surface area (Å²) in [7, 11) is 0. The number of aryl methyl sites for hydroxylation is 1. The van der Waals surface area contributed by atoms with Gasteiger partial charge in [0.25, 0.3) is 0 Å². The van der Waals surface area contributed by atoms with Crippen molar-refractivity contribution < 1.29 is 4.42 Å². The molecule has 2 aromatic heterocycles. The number of nitrogens with zero attached hydrogens (tertiary/aromatic N) is 1. The summed E-state index contributed by atoms with van der Waals surface area (Å²) in [4.78, 5) is 11.0. The van der Waals surface area contributed by atoms with Gasteiger partial charge in [0.05, 0.1) is 0 Å². The summed E-state index contributed by atoms with van der Waals surface area (Å²) in [5.74, 6) is 0. The van der Waals surface area contributed by atoms with E-state index in [4.69, 9.17) is 0 Å². The first-order valence-corrected chi connectivity index (χ1v) is 3.34.